The van der Waals surface area contributed by atoms with Crippen LogP contribution in [-0.4, -0.2) is 44.0 Å². The Bertz CT molecular complexity index is 722. The summed E-state index contributed by atoms with van der Waals surface area (Å²) >= 11 is 0. The minimum atomic E-state index is -4.39. The van der Waals surface area contributed by atoms with Crippen LogP contribution in [0.1, 0.15) is 15.9 Å². The molecule has 0 saturated heterocycles. The summed E-state index contributed by atoms with van der Waals surface area (Å²) in [5.74, 6) is -2.98. The zero-order valence-electron chi connectivity index (χ0n) is 10.4. The second-order valence-electron chi connectivity index (χ2n) is 4.04. The normalized spacial score (nSPS) is 12.1. The van der Waals surface area contributed by atoms with E-state index in [1.54, 1.807) is 6.92 Å². The quantitative estimate of drug-likeness (QED) is 0.641. The molecule has 0 radical (unpaired) electrons. The highest BCUT2D eigenvalue weighted by atomic mass is 32.2. The topological polar surface area (TPSA) is 138 Å². The van der Waals surface area contributed by atoms with Crippen molar-refractivity contribution in [3.8, 4) is 0 Å². The molecule has 0 fully saturated rings. The van der Waals surface area contributed by atoms with Gasteiger partial charge in [0, 0.05) is 5.69 Å². The third-order valence-corrected chi connectivity index (χ3v) is 4.62. The standard InChI is InChI=1S/C10H13NO7S2/c1-7-2-3-8(6-9(7)10(12)13)11-19(14,15)4-5-20(16,17)18/h2-3,6,11H,4-5H2,1H3,(H,12,13)(H,16,17,18). The van der Waals surface area contributed by atoms with Crippen molar-refractivity contribution in [2.45, 2.75) is 6.92 Å². The predicted molar refractivity (Wildman–Crippen MR) is 72.0 cm³/mol. The Labute approximate surface area is 116 Å². The van der Waals surface area contributed by atoms with Gasteiger partial charge in [0.1, 0.15) is 0 Å². The van der Waals surface area contributed by atoms with Crippen LogP contribution in [0.5, 0.6) is 0 Å². The molecule has 112 valence electrons. The SMILES string of the molecule is Cc1ccc(NS(=O)(=O)CCS(=O)(=O)O)cc1C(=O)O. The lowest BCUT2D eigenvalue weighted by Gasteiger charge is -2.09. The average Bonchev–Trinajstić information content (AvgIpc) is 2.28. The molecule has 0 aliphatic rings. The number of carboxylic acids is 1. The summed E-state index contributed by atoms with van der Waals surface area (Å²) in [5, 5.41) is 8.91. The number of hydrogen-bond donors (Lipinski definition) is 3. The van der Waals surface area contributed by atoms with E-state index in [4.69, 9.17) is 9.66 Å². The van der Waals surface area contributed by atoms with Gasteiger partial charge in [-0.2, -0.15) is 8.42 Å². The maximum absolute atomic E-state index is 11.6. The number of sulfonamides is 1. The van der Waals surface area contributed by atoms with Crippen LogP contribution in [0.15, 0.2) is 18.2 Å². The van der Waals surface area contributed by atoms with Gasteiger partial charge in [0.15, 0.2) is 0 Å². The van der Waals surface area contributed by atoms with Crippen molar-refractivity contribution in [3.05, 3.63) is 29.3 Å². The molecule has 0 aliphatic heterocycles. The fourth-order valence-corrected chi connectivity index (χ4v) is 3.67. The first kappa shape index (κ1) is 16.4. The van der Waals surface area contributed by atoms with Gasteiger partial charge in [-0.15, -0.1) is 0 Å². The Kier molecular flexibility index (Phi) is 4.73. The van der Waals surface area contributed by atoms with Crippen molar-refractivity contribution in [2.24, 2.45) is 0 Å². The summed E-state index contributed by atoms with van der Waals surface area (Å²) in [5.41, 5.74) is 0.390. The molecule has 0 spiro atoms. The van der Waals surface area contributed by atoms with Gasteiger partial charge in [0.25, 0.3) is 10.1 Å². The van der Waals surface area contributed by atoms with E-state index in [9.17, 15) is 21.6 Å². The molecule has 8 nitrogen and oxygen atoms in total. The van der Waals surface area contributed by atoms with Gasteiger partial charge < -0.3 is 5.11 Å². The van der Waals surface area contributed by atoms with E-state index in [2.05, 4.69) is 0 Å². The lowest BCUT2D eigenvalue weighted by Crippen LogP contribution is -2.22. The van der Waals surface area contributed by atoms with E-state index in [0.29, 0.717) is 5.56 Å². The molecular weight excluding hydrogens is 310 g/mol. The van der Waals surface area contributed by atoms with Crippen molar-refractivity contribution < 1.29 is 31.3 Å². The van der Waals surface area contributed by atoms with Crippen molar-refractivity contribution in [1.29, 1.82) is 0 Å². The Morgan fingerprint density at radius 2 is 1.80 bits per heavy atom. The monoisotopic (exact) mass is 323 g/mol. The van der Waals surface area contributed by atoms with E-state index in [0.717, 1.165) is 6.07 Å². The Balaban J connectivity index is 2.93. The number of carbonyl (C=O) groups is 1. The van der Waals surface area contributed by atoms with Gasteiger partial charge in [0.05, 0.1) is 17.1 Å². The van der Waals surface area contributed by atoms with E-state index < -0.39 is 37.6 Å². The lowest BCUT2D eigenvalue weighted by molar-refractivity contribution is 0.0696. The second-order valence-corrected chi connectivity index (χ2v) is 7.46. The number of rotatable bonds is 6. The van der Waals surface area contributed by atoms with Gasteiger partial charge in [-0.1, -0.05) is 6.07 Å². The maximum atomic E-state index is 11.6. The third-order valence-electron chi connectivity index (χ3n) is 2.35. The smallest absolute Gasteiger partial charge is 0.336 e. The van der Waals surface area contributed by atoms with Gasteiger partial charge in [0.2, 0.25) is 10.0 Å². The van der Waals surface area contributed by atoms with Crippen LogP contribution in [-0.2, 0) is 20.1 Å². The minimum absolute atomic E-state index is 0.00309. The highest BCUT2D eigenvalue weighted by Gasteiger charge is 2.17. The van der Waals surface area contributed by atoms with Crippen LogP contribution in [0.2, 0.25) is 0 Å². The van der Waals surface area contributed by atoms with Crippen LogP contribution in [0.25, 0.3) is 0 Å². The van der Waals surface area contributed by atoms with E-state index in [1.807, 2.05) is 4.72 Å². The molecule has 3 N–H and O–H groups in total. The van der Waals surface area contributed by atoms with Crippen LogP contribution in [0, 0.1) is 6.92 Å². The maximum Gasteiger partial charge on any atom is 0.336 e. The first-order valence-electron chi connectivity index (χ1n) is 5.30. The molecule has 1 aromatic rings. The van der Waals surface area contributed by atoms with Crippen molar-refractivity contribution in [3.63, 3.8) is 0 Å². The first-order valence-corrected chi connectivity index (χ1v) is 8.56. The molecular formula is C10H13NO7S2. The first-order chi connectivity index (χ1) is 9.00. The van der Waals surface area contributed by atoms with E-state index in [1.165, 1.54) is 12.1 Å². The van der Waals surface area contributed by atoms with Crippen LogP contribution in [0.3, 0.4) is 0 Å². The number of nitrogens with one attached hydrogen (secondary N) is 1. The molecule has 0 unspecified atom stereocenters. The Hall–Kier alpha value is -1.65. The molecule has 0 heterocycles. The zero-order chi connectivity index (χ0) is 15.6. The predicted octanol–water partition coefficient (Wildman–Crippen LogP) is 0.323. The van der Waals surface area contributed by atoms with Gasteiger partial charge in [-0.05, 0) is 24.6 Å². The van der Waals surface area contributed by atoms with E-state index >= 15 is 0 Å². The molecule has 0 bridgehead atoms. The zero-order valence-corrected chi connectivity index (χ0v) is 12.0. The number of benzene rings is 1. The molecule has 10 heteroatoms. The molecule has 0 aliphatic carbocycles. The summed E-state index contributed by atoms with van der Waals surface area (Å²) in [6.45, 7) is 1.56. The summed E-state index contributed by atoms with van der Waals surface area (Å²) in [4.78, 5) is 10.9. The molecule has 0 saturated carbocycles. The van der Waals surface area contributed by atoms with Crippen molar-refractivity contribution >= 4 is 31.8 Å². The second kappa shape index (κ2) is 5.77. The number of anilines is 1. The highest BCUT2D eigenvalue weighted by Crippen LogP contribution is 2.16. The number of aromatic carboxylic acids is 1. The van der Waals surface area contributed by atoms with Crippen molar-refractivity contribution in [2.75, 3.05) is 16.2 Å². The minimum Gasteiger partial charge on any atom is -0.478 e. The third kappa shape index (κ3) is 5.15. The molecule has 1 rings (SSSR count). The molecule has 0 aromatic heterocycles. The molecule has 20 heavy (non-hydrogen) atoms. The Morgan fingerprint density at radius 1 is 1.20 bits per heavy atom. The largest absolute Gasteiger partial charge is 0.478 e. The van der Waals surface area contributed by atoms with Crippen LogP contribution in [0.4, 0.5) is 5.69 Å². The fourth-order valence-electron chi connectivity index (χ4n) is 1.36. The van der Waals surface area contributed by atoms with Gasteiger partial charge in [-0.3, -0.25) is 9.27 Å². The van der Waals surface area contributed by atoms with Crippen LogP contribution >= 0.6 is 0 Å². The summed E-state index contributed by atoms with van der Waals surface area (Å²) in [7, 11) is -8.40. The fraction of sp³-hybridized carbons (Fsp3) is 0.300. The van der Waals surface area contributed by atoms with E-state index in [-0.39, 0.29) is 11.3 Å². The Morgan fingerprint density at radius 3 is 2.30 bits per heavy atom. The molecule has 0 atom stereocenters. The van der Waals surface area contributed by atoms with Crippen LogP contribution < -0.4 is 4.72 Å². The van der Waals surface area contributed by atoms with Gasteiger partial charge >= 0.3 is 5.97 Å². The van der Waals surface area contributed by atoms with Crippen molar-refractivity contribution in [1.82, 2.24) is 0 Å². The lowest BCUT2D eigenvalue weighted by atomic mass is 10.1. The highest BCUT2D eigenvalue weighted by molar-refractivity contribution is 7.94. The average molecular weight is 323 g/mol. The summed E-state index contributed by atoms with van der Waals surface area (Å²) < 4.78 is 54.7. The molecule has 0 amide bonds. The summed E-state index contributed by atoms with van der Waals surface area (Å²) in [6, 6.07) is 3.90. The number of hydrogen-bond acceptors (Lipinski definition) is 5. The number of carboxylic acid groups (broad SMARTS) is 1. The summed E-state index contributed by atoms with van der Waals surface area (Å²) in [6.07, 6.45) is 0. The number of aryl methyl sites for hydroxylation is 1. The van der Waals surface area contributed by atoms with Gasteiger partial charge in [-0.25, -0.2) is 13.2 Å². The molecule has 1 aromatic carbocycles.